The van der Waals surface area contributed by atoms with Crippen LogP contribution in [-0.4, -0.2) is 36.6 Å². The lowest BCUT2D eigenvalue weighted by Gasteiger charge is -2.08. The number of benzene rings is 2. The van der Waals surface area contributed by atoms with Crippen LogP contribution < -0.4 is 5.32 Å². The van der Waals surface area contributed by atoms with E-state index >= 15 is 0 Å². The number of thioether (sulfide) groups is 1. The second kappa shape index (κ2) is 9.35. The largest absolute Gasteiger partial charge is 0.330 e. The van der Waals surface area contributed by atoms with Gasteiger partial charge in [0.2, 0.25) is 17.6 Å². The number of nitrogens with one attached hydrogen (secondary N) is 1. The fraction of sp³-hybridized carbons (Fsp3) is 0.261. The number of aromatic nitrogens is 5. The maximum atomic E-state index is 12.4. The third kappa shape index (κ3) is 4.72. The van der Waals surface area contributed by atoms with Gasteiger partial charge >= 0.3 is 0 Å². The number of carbonyl (C=O) groups is 1. The molecular formula is C23H24N6O2S. The molecule has 0 fully saturated rings. The lowest BCUT2D eigenvalue weighted by Crippen LogP contribution is -2.14. The fourth-order valence-electron chi connectivity index (χ4n) is 3.20. The fourth-order valence-corrected chi connectivity index (χ4v) is 4.00. The van der Waals surface area contributed by atoms with Gasteiger partial charge in [-0.15, -0.1) is 10.2 Å². The summed E-state index contributed by atoms with van der Waals surface area (Å²) in [6.45, 7) is 8.65. The Bertz CT molecular complexity index is 1260. The van der Waals surface area contributed by atoms with Gasteiger partial charge in [0.05, 0.1) is 5.75 Å². The molecule has 2 aromatic heterocycles. The van der Waals surface area contributed by atoms with E-state index < -0.39 is 0 Å². The van der Waals surface area contributed by atoms with Crippen molar-refractivity contribution in [3.63, 3.8) is 0 Å². The van der Waals surface area contributed by atoms with Gasteiger partial charge in [-0.3, -0.25) is 9.36 Å². The summed E-state index contributed by atoms with van der Waals surface area (Å²) in [5.74, 6) is 1.38. The van der Waals surface area contributed by atoms with E-state index in [-0.39, 0.29) is 11.7 Å². The third-order valence-corrected chi connectivity index (χ3v) is 6.02. The average Bonchev–Trinajstić information content (AvgIpc) is 3.41. The molecule has 0 aliphatic heterocycles. The number of aryl methyl sites for hydroxylation is 3. The molecule has 0 radical (unpaired) electrons. The lowest BCUT2D eigenvalue weighted by molar-refractivity contribution is -0.113. The molecule has 4 aromatic rings. The highest BCUT2D eigenvalue weighted by Gasteiger charge is 2.20. The van der Waals surface area contributed by atoms with E-state index in [0.717, 1.165) is 22.4 Å². The minimum Gasteiger partial charge on any atom is -0.330 e. The van der Waals surface area contributed by atoms with Gasteiger partial charge in [0.25, 0.3) is 5.89 Å². The maximum Gasteiger partial charge on any atom is 0.296 e. The second-order valence-corrected chi connectivity index (χ2v) is 8.42. The Morgan fingerprint density at radius 3 is 2.69 bits per heavy atom. The molecule has 0 aliphatic carbocycles. The topological polar surface area (TPSA) is 98.7 Å². The summed E-state index contributed by atoms with van der Waals surface area (Å²) in [4.78, 5) is 16.9. The average molecular weight is 449 g/mol. The number of rotatable bonds is 7. The molecular weight excluding hydrogens is 424 g/mol. The van der Waals surface area contributed by atoms with Crippen molar-refractivity contribution in [1.82, 2.24) is 24.9 Å². The van der Waals surface area contributed by atoms with Crippen molar-refractivity contribution in [2.24, 2.45) is 0 Å². The number of hydrogen-bond donors (Lipinski definition) is 1. The van der Waals surface area contributed by atoms with Gasteiger partial charge in [-0.25, -0.2) is 0 Å². The van der Waals surface area contributed by atoms with Crippen molar-refractivity contribution in [3.8, 4) is 23.1 Å². The molecule has 164 valence electrons. The van der Waals surface area contributed by atoms with Gasteiger partial charge in [-0.1, -0.05) is 46.7 Å². The van der Waals surface area contributed by atoms with Crippen LogP contribution in [0.25, 0.3) is 23.1 Å². The number of anilines is 1. The zero-order valence-electron chi connectivity index (χ0n) is 18.4. The number of carbonyl (C=O) groups excluding carboxylic acids is 1. The molecule has 0 bridgehead atoms. The van der Waals surface area contributed by atoms with Crippen LogP contribution in [0.2, 0.25) is 0 Å². The predicted octanol–water partition coefficient (Wildman–Crippen LogP) is 4.67. The van der Waals surface area contributed by atoms with Gasteiger partial charge in [0.15, 0.2) is 5.16 Å². The van der Waals surface area contributed by atoms with E-state index in [4.69, 9.17) is 4.52 Å². The van der Waals surface area contributed by atoms with Crippen molar-refractivity contribution < 1.29 is 9.32 Å². The van der Waals surface area contributed by atoms with Crippen LogP contribution in [0.1, 0.15) is 23.6 Å². The normalized spacial score (nSPS) is 11.0. The number of amides is 1. The van der Waals surface area contributed by atoms with Gasteiger partial charge < -0.3 is 9.84 Å². The summed E-state index contributed by atoms with van der Waals surface area (Å²) in [7, 11) is 0. The van der Waals surface area contributed by atoms with Gasteiger partial charge in [-0.2, -0.15) is 4.98 Å². The summed E-state index contributed by atoms with van der Waals surface area (Å²) in [5.41, 5.74) is 5.09. The van der Waals surface area contributed by atoms with E-state index in [1.54, 1.807) is 0 Å². The minimum atomic E-state index is -0.106. The van der Waals surface area contributed by atoms with Crippen LogP contribution in [0, 0.1) is 20.8 Å². The Balaban J connectivity index is 1.46. The molecule has 2 aromatic carbocycles. The zero-order chi connectivity index (χ0) is 22.7. The standard InChI is InChI=1S/C23H24N6O2S/c1-5-29-21(22-25-20(28-31-22)17-8-6-7-14(2)11-17)26-27-23(29)32-13-19(30)24-18-10-9-15(3)16(4)12-18/h6-12H,5,13H2,1-4H3,(H,24,30). The van der Waals surface area contributed by atoms with Crippen LogP contribution in [0.3, 0.4) is 0 Å². The van der Waals surface area contributed by atoms with Crippen molar-refractivity contribution in [3.05, 3.63) is 59.2 Å². The molecule has 1 N–H and O–H groups in total. The van der Waals surface area contributed by atoms with E-state index in [2.05, 4.69) is 25.7 Å². The zero-order valence-corrected chi connectivity index (χ0v) is 19.2. The lowest BCUT2D eigenvalue weighted by atomic mass is 10.1. The van der Waals surface area contributed by atoms with Crippen LogP contribution in [-0.2, 0) is 11.3 Å². The van der Waals surface area contributed by atoms with Gasteiger partial charge in [-0.05, 0) is 57.0 Å². The smallest absolute Gasteiger partial charge is 0.296 e. The molecule has 0 atom stereocenters. The highest BCUT2D eigenvalue weighted by Crippen LogP contribution is 2.25. The summed E-state index contributed by atoms with van der Waals surface area (Å²) >= 11 is 1.31. The van der Waals surface area contributed by atoms with Gasteiger partial charge in [0, 0.05) is 17.8 Å². The Labute approximate surface area is 190 Å². The number of hydrogen-bond acceptors (Lipinski definition) is 7. The first-order valence-electron chi connectivity index (χ1n) is 10.3. The first kappa shape index (κ1) is 21.8. The molecule has 2 heterocycles. The highest BCUT2D eigenvalue weighted by atomic mass is 32.2. The molecule has 4 rings (SSSR count). The molecule has 0 saturated carbocycles. The van der Waals surface area contributed by atoms with Crippen molar-refractivity contribution >= 4 is 23.4 Å². The van der Waals surface area contributed by atoms with Crippen LogP contribution in [0.4, 0.5) is 5.69 Å². The Kier molecular flexibility index (Phi) is 6.36. The molecule has 0 aliphatic rings. The molecule has 9 heteroatoms. The molecule has 0 unspecified atom stereocenters. The molecule has 8 nitrogen and oxygen atoms in total. The van der Waals surface area contributed by atoms with E-state index in [1.807, 2.05) is 74.7 Å². The molecule has 0 saturated heterocycles. The first-order valence-corrected chi connectivity index (χ1v) is 11.3. The minimum absolute atomic E-state index is 0.106. The Hall–Kier alpha value is -3.46. The van der Waals surface area contributed by atoms with Crippen LogP contribution in [0.15, 0.2) is 52.1 Å². The summed E-state index contributed by atoms with van der Waals surface area (Å²) in [6, 6.07) is 13.7. The second-order valence-electron chi connectivity index (χ2n) is 7.48. The summed E-state index contributed by atoms with van der Waals surface area (Å²) in [5, 5.41) is 16.1. The molecule has 1 amide bonds. The molecule has 0 spiro atoms. The SMILES string of the molecule is CCn1c(SCC(=O)Nc2ccc(C)c(C)c2)nnc1-c1nc(-c2cccc(C)c2)no1. The predicted molar refractivity (Wildman–Crippen MR) is 124 cm³/mol. The van der Waals surface area contributed by atoms with Crippen LogP contribution in [0.5, 0.6) is 0 Å². The molecule has 32 heavy (non-hydrogen) atoms. The van der Waals surface area contributed by atoms with E-state index in [0.29, 0.717) is 29.2 Å². The monoisotopic (exact) mass is 448 g/mol. The van der Waals surface area contributed by atoms with E-state index in [9.17, 15) is 4.79 Å². The van der Waals surface area contributed by atoms with Crippen molar-refractivity contribution in [2.75, 3.05) is 11.1 Å². The van der Waals surface area contributed by atoms with Gasteiger partial charge in [0.1, 0.15) is 0 Å². The van der Waals surface area contributed by atoms with Crippen molar-refractivity contribution in [2.45, 2.75) is 39.4 Å². The maximum absolute atomic E-state index is 12.4. The quantitative estimate of drug-likeness (QED) is 0.410. The summed E-state index contributed by atoms with van der Waals surface area (Å²) < 4.78 is 7.32. The summed E-state index contributed by atoms with van der Waals surface area (Å²) in [6.07, 6.45) is 0. The third-order valence-electron chi connectivity index (χ3n) is 5.05. The number of nitrogens with zero attached hydrogens (tertiary/aromatic N) is 5. The first-order chi connectivity index (χ1) is 15.4. The van der Waals surface area contributed by atoms with Crippen molar-refractivity contribution in [1.29, 1.82) is 0 Å². The Morgan fingerprint density at radius 2 is 1.94 bits per heavy atom. The van der Waals surface area contributed by atoms with E-state index in [1.165, 1.54) is 17.3 Å². The highest BCUT2D eigenvalue weighted by molar-refractivity contribution is 7.99. The van der Waals surface area contributed by atoms with Crippen LogP contribution >= 0.6 is 11.8 Å². The Morgan fingerprint density at radius 1 is 1.09 bits per heavy atom.